The number of hydrogen-bond donors (Lipinski definition) is 0. The van der Waals surface area contributed by atoms with Gasteiger partial charge in [0.1, 0.15) is 0 Å². The molecule has 1 rings (SSSR count). The van der Waals surface area contributed by atoms with Crippen LogP contribution >= 0.6 is 0 Å². The summed E-state index contributed by atoms with van der Waals surface area (Å²) in [5.41, 5.74) is 1.08. The molecule has 0 aliphatic rings. The first-order valence-corrected chi connectivity index (χ1v) is 3.59. The second-order valence-electron chi connectivity index (χ2n) is 2.62. The van der Waals surface area contributed by atoms with Crippen LogP contribution in [0, 0.1) is 6.07 Å². The molecule has 0 unspecified atom stereocenters. The predicted octanol–water partition coefficient (Wildman–Crippen LogP) is -1.60. The molecule has 0 spiro atoms. The first-order valence-electron chi connectivity index (χ1n) is 3.59. The van der Waals surface area contributed by atoms with Crippen LogP contribution in [0.5, 0.6) is 0 Å². The molecule has 0 aliphatic heterocycles. The van der Waals surface area contributed by atoms with Crippen LogP contribution in [0.4, 0.5) is 5.69 Å². The number of hydrogen-bond acceptors (Lipinski definition) is 2. The van der Waals surface area contributed by atoms with Gasteiger partial charge in [0.05, 0.1) is 0 Å². The zero-order chi connectivity index (χ0) is 8.27. The Morgan fingerprint density at radius 1 is 1.17 bits per heavy atom. The molecule has 2 nitrogen and oxygen atoms in total. The molecule has 0 saturated heterocycles. The van der Waals surface area contributed by atoms with E-state index in [1.165, 1.54) is 0 Å². The van der Waals surface area contributed by atoms with Crippen molar-refractivity contribution in [2.45, 2.75) is 0 Å². The zero-order valence-electron chi connectivity index (χ0n) is 8.20. The molecule has 60 valence electrons. The van der Waals surface area contributed by atoms with E-state index in [-0.39, 0.29) is 18.9 Å². The summed E-state index contributed by atoms with van der Waals surface area (Å²) in [6.45, 7) is 0. The van der Waals surface area contributed by atoms with Crippen LogP contribution in [0.2, 0.25) is 0 Å². The number of anilines is 1. The van der Waals surface area contributed by atoms with E-state index < -0.39 is 0 Å². The fourth-order valence-corrected chi connectivity index (χ4v) is 0.801. The summed E-state index contributed by atoms with van der Waals surface area (Å²) in [5.74, 6) is 0. The molecule has 3 heteroatoms. The van der Waals surface area contributed by atoms with Crippen LogP contribution in [0.25, 0.3) is 0 Å². The van der Waals surface area contributed by atoms with Crippen LogP contribution < -0.4 is 23.9 Å². The third-order valence-electron chi connectivity index (χ3n) is 1.64. The maximum absolute atomic E-state index is 3.13. The first-order chi connectivity index (χ1) is 5.22. The van der Waals surface area contributed by atoms with E-state index >= 15 is 0 Å². The second-order valence-corrected chi connectivity index (χ2v) is 2.62. The standard InChI is InChI=1S/C9H13N2.Li/c1-10(2)11(3)9-7-5-4-6-8-9;/h4-7H,1-3H3;/q-1;+1. The van der Waals surface area contributed by atoms with Gasteiger partial charge in [-0.25, -0.2) is 5.01 Å². The van der Waals surface area contributed by atoms with Gasteiger partial charge in [-0.05, 0) is 0 Å². The number of para-hydroxylation sites is 1. The van der Waals surface area contributed by atoms with Crippen molar-refractivity contribution in [3.8, 4) is 0 Å². The molecule has 0 atom stereocenters. The molecule has 0 radical (unpaired) electrons. The molecule has 0 aromatic heterocycles. The van der Waals surface area contributed by atoms with E-state index in [1.807, 2.05) is 55.4 Å². The number of hydrazine groups is 1. The number of rotatable bonds is 2. The summed E-state index contributed by atoms with van der Waals surface area (Å²) in [4.78, 5) is 0. The summed E-state index contributed by atoms with van der Waals surface area (Å²) in [6, 6.07) is 11.0. The molecule has 0 heterocycles. The minimum atomic E-state index is 0. The molecule has 1 aromatic carbocycles. The topological polar surface area (TPSA) is 6.48 Å². The van der Waals surface area contributed by atoms with Gasteiger partial charge in [-0.2, -0.15) is 24.3 Å². The van der Waals surface area contributed by atoms with E-state index in [4.69, 9.17) is 0 Å². The third kappa shape index (κ3) is 2.90. The Bertz CT molecular complexity index is 211. The van der Waals surface area contributed by atoms with Crippen LogP contribution in [0.3, 0.4) is 0 Å². The van der Waals surface area contributed by atoms with Gasteiger partial charge in [-0.3, -0.25) is 0 Å². The van der Waals surface area contributed by atoms with Crippen LogP contribution in [-0.2, 0) is 0 Å². The second kappa shape index (κ2) is 5.26. The molecular weight excluding hydrogens is 143 g/mol. The molecule has 0 aliphatic carbocycles. The van der Waals surface area contributed by atoms with Gasteiger partial charge in [0.15, 0.2) is 0 Å². The van der Waals surface area contributed by atoms with Crippen LogP contribution in [0.1, 0.15) is 0 Å². The molecular formula is C9H13LiN2. The minimum absolute atomic E-state index is 0. The fourth-order valence-electron chi connectivity index (χ4n) is 0.801. The maximum Gasteiger partial charge on any atom is 1.00 e. The van der Waals surface area contributed by atoms with Crippen LogP contribution in [0.15, 0.2) is 24.3 Å². The van der Waals surface area contributed by atoms with Crippen molar-refractivity contribution in [2.75, 3.05) is 26.2 Å². The Morgan fingerprint density at radius 3 is 2.25 bits per heavy atom. The Morgan fingerprint density at radius 2 is 1.83 bits per heavy atom. The summed E-state index contributed by atoms with van der Waals surface area (Å²) < 4.78 is 0. The molecule has 1 aromatic rings. The molecule has 0 saturated carbocycles. The van der Waals surface area contributed by atoms with Gasteiger partial charge < -0.3 is 5.01 Å². The zero-order valence-corrected chi connectivity index (χ0v) is 8.20. The summed E-state index contributed by atoms with van der Waals surface area (Å²) in [6.07, 6.45) is 0. The Labute approximate surface area is 86.3 Å². The van der Waals surface area contributed by atoms with E-state index in [0.29, 0.717) is 0 Å². The van der Waals surface area contributed by atoms with Crippen molar-refractivity contribution in [1.29, 1.82) is 0 Å². The van der Waals surface area contributed by atoms with E-state index in [9.17, 15) is 0 Å². The fraction of sp³-hybridized carbons (Fsp3) is 0.333. The van der Waals surface area contributed by atoms with Gasteiger partial charge in [0.2, 0.25) is 0 Å². The van der Waals surface area contributed by atoms with Gasteiger partial charge in [0, 0.05) is 21.1 Å². The minimum Gasteiger partial charge on any atom is -0.334 e. The average Bonchev–Trinajstić information content (AvgIpc) is 2.05. The number of benzene rings is 1. The SMILES string of the molecule is CN(C)N(C)c1[c-]cccc1.[Li+]. The molecule has 0 amide bonds. The Balaban J connectivity index is 0.00000121. The molecule has 0 N–H and O–H groups in total. The number of nitrogens with zero attached hydrogens (tertiary/aromatic N) is 2. The smallest absolute Gasteiger partial charge is 0.334 e. The van der Waals surface area contributed by atoms with Gasteiger partial charge in [-0.15, -0.1) is 6.07 Å². The monoisotopic (exact) mass is 156 g/mol. The predicted molar refractivity (Wildman–Crippen MR) is 47.4 cm³/mol. The Hall–Kier alpha value is -0.423. The largest absolute Gasteiger partial charge is 1.00 e. The molecule has 0 bridgehead atoms. The van der Waals surface area contributed by atoms with Crippen molar-refractivity contribution in [2.24, 2.45) is 0 Å². The quantitative estimate of drug-likeness (QED) is 0.289. The molecule has 0 fully saturated rings. The van der Waals surface area contributed by atoms with Crippen molar-refractivity contribution in [1.82, 2.24) is 5.01 Å². The van der Waals surface area contributed by atoms with Gasteiger partial charge >= 0.3 is 18.9 Å². The first kappa shape index (κ1) is 11.6. The van der Waals surface area contributed by atoms with E-state index in [0.717, 1.165) is 5.69 Å². The maximum atomic E-state index is 3.13. The Kier molecular flexibility index (Phi) is 5.08. The summed E-state index contributed by atoms with van der Waals surface area (Å²) in [5, 5.41) is 4.03. The van der Waals surface area contributed by atoms with E-state index in [2.05, 4.69) is 6.07 Å². The third-order valence-corrected chi connectivity index (χ3v) is 1.64. The van der Waals surface area contributed by atoms with Crippen molar-refractivity contribution >= 4 is 5.69 Å². The average molecular weight is 156 g/mol. The van der Waals surface area contributed by atoms with Crippen LogP contribution in [-0.4, -0.2) is 26.2 Å². The summed E-state index contributed by atoms with van der Waals surface area (Å²) >= 11 is 0. The van der Waals surface area contributed by atoms with E-state index in [1.54, 1.807) is 0 Å². The summed E-state index contributed by atoms with van der Waals surface area (Å²) in [7, 11) is 6.01. The van der Waals surface area contributed by atoms with Gasteiger partial charge in [0.25, 0.3) is 0 Å². The van der Waals surface area contributed by atoms with Crippen molar-refractivity contribution in [3.05, 3.63) is 30.3 Å². The van der Waals surface area contributed by atoms with Crippen molar-refractivity contribution in [3.63, 3.8) is 0 Å². The van der Waals surface area contributed by atoms with Gasteiger partial charge in [-0.1, -0.05) is 5.69 Å². The van der Waals surface area contributed by atoms with Crippen molar-refractivity contribution < 1.29 is 18.9 Å². The normalized spacial score (nSPS) is 9.33. The molecule has 12 heavy (non-hydrogen) atoms.